The number of nitrogen functional groups attached to an aromatic ring is 1. The lowest BCUT2D eigenvalue weighted by atomic mass is 10.2. The Hall–Kier alpha value is -1.52. The van der Waals surface area contributed by atoms with Gasteiger partial charge >= 0.3 is 0 Å². The first-order valence-corrected chi connectivity index (χ1v) is 5.96. The smallest absolute Gasteiger partial charge is 0.276 e. The van der Waals surface area contributed by atoms with Crippen molar-refractivity contribution in [3.05, 3.63) is 44.3 Å². The van der Waals surface area contributed by atoms with E-state index in [2.05, 4.69) is 4.98 Å². The number of hydrogen-bond acceptors (Lipinski definition) is 3. The third-order valence-electron chi connectivity index (χ3n) is 2.69. The van der Waals surface area contributed by atoms with Crippen molar-refractivity contribution < 1.29 is 0 Å². The van der Waals surface area contributed by atoms with Crippen molar-refractivity contribution in [2.45, 2.75) is 6.92 Å². The normalized spacial score (nSPS) is 10.7. The van der Waals surface area contributed by atoms with Crippen LogP contribution in [0.2, 0.25) is 10.0 Å². The zero-order valence-electron chi connectivity index (χ0n) is 9.87. The van der Waals surface area contributed by atoms with Gasteiger partial charge in [-0.3, -0.25) is 9.36 Å². The molecule has 2 aromatic rings. The first-order valence-electron chi connectivity index (χ1n) is 5.20. The second-order valence-corrected chi connectivity index (χ2v) is 4.77. The molecule has 6 heteroatoms. The van der Waals surface area contributed by atoms with Crippen molar-refractivity contribution >= 4 is 28.9 Å². The molecule has 0 amide bonds. The van der Waals surface area contributed by atoms with E-state index in [9.17, 15) is 4.79 Å². The average molecular weight is 284 g/mol. The number of nitrogens with two attached hydrogens (primary N) is 1. The molecule has 0 fully saturated rings. The number of aromatic nitrogens is 2. The highest BCUT2D eigenvalue weighted by molar-refractivity contribution is 6.36. The summed E-state index contributed by atoms with van der Waals surface area (Å²) in [5.74, 6) is 0.466. The van der Waals surface area contributed by atoms with Gasteiger partial charge in [0.25, 0.3) is 5.56 Å². The molecule has 1 aromatic heterocycles. The minimum absolute atomic E-state index is 0.145. The Morgan fingerprint density at radius 3 is 2.61 bits per heavy atom. The largest absolute Gasteiger partial charge is 0.393 e. The Morgan fingerprint density at radius 1 is 1.33 bits per heavy atom. The second-order valence-electron chi connectivity index (χ2n) is 3.92. The van der Waals surface area contributed by atoms with E-state index in [1.165, 1.54) is 4.57 Å². The van der Waals surface area contributed by atoms with Gasteiger partial charge in [0.15, 0.2) is 0 Å². The molecule has 0 saturated carbocycles. The van der Waals surface area contributed by atoms with E-state index in [0.29, 0.717) is 27.1 Å². The van der Waals surface area contributed by atoms with Crippen molar-refractivity contribution in [3.63, 3.8) is 0 Å². The summed E-state index contributed by atoms with van der Waals surface area (Å²) in [4.78, 5) is 16.2. The summed E-state index contributed by atoms with van der Waals surface area (Å²) >= 11 is 11.9. The Kier molecular flexibility index (Phi) is 3.32. The number of aryl methyl sites for hydroxylation is 1. The van der Waals surface area contributed by atoms with Gasteiger partial charge < -0.3 is 5.73 Å². The van der Waals surface area contributed by atoms with Crippen LogP contribution in [0.15, 0.2) is 23.0 Å². The van der Waals surface area contributed by atoms with Crippen LogP contribution < -0.4 is 11.3 Å². The van der Waals surface area contributed by atoms with Crippen molar-refractivity contribution in [2.75, 3.05) is 5.73 Å². The molecule has 18 heavy (non-hydrogen) atoms. The minimum Gasteiger partial charge on any atom is -0.393 e. The van der Waals surface area contributed by atoms with Crippen LogP contribution in [0.5, 0.6) is 0 Å². The Labute approximate surface area is 114 Å². The van der Waals surface area contributed by atoms with Gasteiger partial charge in [-0.1, -0.05) is 23.2 Å². The Bertz CT molecular complexity index is 680. The van der Waals surface area contributed by atoms with Crippen LogP contribution in [0.1, 0.15) is 5.69 Å². The topological polar surface area (TPSA) is 60.9 Å². The average Bonchev–Trinajstić information content (AvgIpc) is 2.32. The molecule has 0 unspecified atom stereocenters. The van der Waals surface area contributed by atoms with Gasteiger partial charge in [-0.2, -0.15) is 0 Å². The van der Waals surface area contributed by atoms with Crippen LogP contribution in [-0.4, -0.2) is 9.55 Å². The predicted molar refractivity (Wildman–Crippen MR) is 74.1 cm³/mol. The zero-order chi connectivity index (χ0) is 13.4. The lowest BCUT2D eigenvalue weighted by molar-refractivity contribution is 0.832. The number of nitrogens with zero attached hydrogens (tertiary/aromatic N) is 2. The summed E-state index contributed by atoms with van der Waals surface area (Å²) in [6, 6.07) is 5.03. The van der Waals surface area contributed by atoms with E-state index in [4.69, 9.17) is 28.9 Å². The molecule has 0 bridgehead atoms. The van der Waals surface area contributed by atoms with Crippen LogP contribution in [0.25, 0.3) is 11.4 Å². The fraction of sp³-hybridized carbons (Fsp3) is 0.167. The fourth-order valence-electron chi connectivity index (χ4n) is 1.64. The van der Waals surface area contributed by atoms with Gasteiger partial charge in [0.2, 0.25) is 0 Å². The molecule has 2 N–H and O–H groups in total. The molecule has 94 valence electrons. The molecule has 1 heterocycles. The highest BCUT2D eigenvalue weighted by Crippen LogP contribution is 2.28. The predicted octanol–water partition coefficient (Wildman–Crippen LogP) is 2.64. The quantitative estimate of drug-likeness (QED) is 0.875. The lowest BCUT2D eigenvalue weighted by Crippen LogP contribution is -2.24. The van der Waals surface area contributed by atoms with Crippen molar-refractivity contribution in [3.8, 4) is 11.4 Å². The molecule has 0 aliphatic carbocycles. The van der Waals surface area contributed by atoms with E-state index >= 15 is 0 Å². The summed E-state index contributed by atoms with van der Waals surface area (Å²) in [6.45, 7) is 1.68. The van der Waals surface area contributed by atoms with Crippen LogP contribution >= 0.6 is 23.2 Å². The third kappa shape index (κ3) is 2.09. The number of anilines is 1. The molecule has 1 aromatic carbocycles. The lowest BCUT2D eigenvalue weighted by Gasteiger charge is -2.11. The first kappa shape index (κ1) is 12.9. The van der Waals surface area contributed by atoms with Crippen LogP contribution in [-0.2, 0) is 7.05 Å². The van der Waals surface area contributed by atoms with E-state index in [0.717, 1.165) is 0 Å². The van der Waals surface area contributed by atoms with E-state index in [-0.39, 0.29) is 11.2 Å². The van der Waals surface area contributed by atoms with E-state index < -0.39 is 0 Å². The van der Waals surface area contributed by atoms with Gasteiger partial charge in [0, 0.05) is 17.6 Å². The first-order chi connectivity index (χ1) is 8.41. The molecule has 2 rings (SSSR count). The minimum atomic E-state index is -0.288. The molecule has 0 aliphatic heterocycles. The summed E-state index contributed by atoms with van der Waals surface area (Å²) in [5.41, 5.74) is 6.63. The van der Waals surface area contributed by atoms with Crippen LogP contribution in [0.3, 0.4) is 0 Å². The van der Waals surface area contributed by atoms with Gasteiger partial charge in [-0.05, 0) is 25.1 Å². The number of halogens is 2. The van der Waals surface area contributed by atoms with Gasteiger partial charge in [-0.15, -0.1) is 0 Å². The molecule has 0 radical (unpaired) electrons. The highest BCUT2D eigenvalue weighted by Gasteiger charge is 2.13. The van der Waals surface area contributed by atoms with Gasteiger partial charge in [0.05, 0.1) is 10.7 Å². The molecular formula is C12H11Cl2N3O. The summed E-state index contributed by atoms with van der Waals surface area (Å²) in [7, 11) is 1.60. The standard InChI is InChI=1S/C12H11Cl2N3O/c1-6-10(15)12(18)17(2)11(16-6)8-4-3-7(13)5-9(8)14/h3-5H,15H2,1-2H3. The SMILES string of the molecule is Cc1nc(-c2ccc(Cl)cc2Cl)n(C)c(=O)c1N. The second kappa shape index (κ2) is 4.63. The fourth-order valence-corrected chi connectivity index (χ4v) is 2.13. The van der Waals surface area contributed by atoms with Crippen molar-refractivity contribution in [1.29, 1.82) is 0 Å². The molecule has 0 atom stereocenters. The maximum absolute atomic E-state index is 11.9. The summed E-state index contributed by atoms with van der Waals surface area (Å²) < 4.78 is 1.37. The number of rotatable bonds is 1. The maximum atomic E-state index is 11.9. The zero-order valence-corrected chi connectivity index (χ0v) is 11.4. The summed E-state index contributed by atoms with van der Waals surface area (Å²) in [6.07, 6.45) is 0. The molecular weight excluding hydrogens is 273 g/mol. The highest BCUT2D eigenvalue weighted by atomic mass is 35.5. The van der Waals surface area contributed by atoms with Gasteiger partial charge in [0.1, 0.15) is 11.5 Å². The van der Waals surface area contributed by atoms with Crippen molar-refractivity contribution in [2.24, 2.45) is 7.05 Å². The number of hydrogen-bond donors (Lipinski definition) is 1. The molecule has 0 aliphatic rings. The Morgan fingerprint density at radius 2 is 2.00 bits per heavy atom. The van der Waals surface area contributed by atoms with E-state index in [1.807, 2.05) is 0 Å². The third-order valence-corrected chi connectivity index (χ3v) is 3.24. The van der Waals surface area contributed by atoms with E-state index in [1.54, 1.807) is 32.2 Å². The summed E-state index contributed by atoms with van der Waals surface area (Å²) in [5, 5.41) is 0.968. The van der Waals surface area contributed by atoms with Gasteiger partial charge in [-0.25, -0.2) is 4.98 Å². The van der Waals surface area contributed by atoms with Crippen molar-refractivity contribution in [1.82, 2.24) is 9.55 Å². The molecule has 0 saturated heterocycles. The maximum Gasteiger partial charge on any atom is 0.276 e. The molecule has 0 spiro atoms. The number of benzene rings is 1. The van der Waals surface area contributed by atoms with Crippen LogP contribution in [0, 0.1) is 6.92 Å². The van der Waals surface area contributed by atoms with Crippen LogP contribution in [0.4, 0.5) is 5.69 Å². The monoisotopic (exact) mass is 283 g/mol. The molecule has 4 nitrogen and oxygen atoms in total. The Balaban J connectivity index is 2.76.